The molecule has 0 amide bonds. The average Bonchev–Trinajstić information content (AvgIpc) is 2.15. The zero-order chi connectivity index (χ0) is 13.3. The van der Waals surface area contributed by atoms with Crippen molar-refractivity contribution in [2.24, 2.45) is 0 Å². The molecule has 0 radical (unpaired) electrons. The van der Waals surface area contributed by atoms with E-state index in [-0.39, 0.29) is 5.56 Å². The van der Waals surface area contributed by atoms with E-state index in [0.717, 1.165) is 19.1 Å². The molecule has 0 aromatic heterocycles. The quantitative estimate of drug-likeness (QED) is 0.610. The molecule has 0 N–H and O–H groups in total. The van der Waals surface area contributed by atoms with Crippen LogP contribution in [-0.2, 0) is 0 Å². The van der Waals surface area contributed by atoms with Gasteiger partial charge in [0.2, 0.25) is 0 Å². The van der Waals surface area contributed by atoms with Crippen molar-refractivity contribution in [1.82, 2.24) is 0 Å². The lowest BCUT2D eigenvalue weighted by molar-refractivity contribution is -0.360. The molecule has 0 heterocycles. The number of carbonyl (C=O) groups excluding carboxylic acids is 1. The topological polar surface area (TPSA) is 26.3 Å². The van der Waals surface area contributed by atoms with Crippen molar-refractivity contribution >= 4 is 5.78 Å². The van der Waals surface area contributed by atoms with Crippen LogP contribution in [0, 0.1) is 0 Å². The zero-order valence-corrected chi connectivity index (χ0v) is 8.52. The monoisotopic (exact) mass is 254 g/mol. The molecule has 0 bridgehead atoms. The summed E-state index contributed by atoms with van der Waals surface area (Å²) in [5.41, 5.74) is -0.337. The van der Waals surface area contributed by atoms with Gasteiger partial charge in [0, 0.05) is 0 Å². The Bertz CT molecular complexity index is 425. The van der Waals surface area contributed by atoms with Crippen LogP contribution in [0.15, 0.2) is 24.3 Å². The third-order valence-electron chi connectivity index (χ3n) is 1.83. The van der Waals surface area contributed by atoms with Crippen LogP contribution in [0.1, 0.15) is 17.3 Å². The number of carbonyl (C=O) groups is 1. The first-order valence-corrected chi connectivity index (χ1v) is 4.38. The fourth-order valence-corrected chi connectivity index (χ4v) is 1.04. The van der Waals surface area contributed by atoms with Gasteiger partial charge in [0.05, 0.1) is 5.56 Å². The maximum absolute atomic E-state index is 12.6. The Hall–Kier alpha value is -1.66. The lowest BCUT2D eigenvalue weighted by Crippen LogP contribution is -2.42. The highest BCUT2D eigenvalue weighted by Crippen LogP contribution is 2.38. The van der Waals surface area contributed by atoms with Crippen LogP contribution >= 0.6 is 0 Å². The molecule has 0 fully saturated rings. The van der Waals surface area contributed by atoms with Gasteiger partial charge in [0.1, 0.15) is 5.75 Å². The molecular weight excluding hydrogens is 247 g/mol. The van der Waals surface area contributed by atoms with Crippen molar-refractivity contribution < 1.29 is 31.5 Å². The summed E-state index contributed by atoms with van der Waals surface area (Å²) in [6, 6.07) is 4.49. The highest BCUT2D eigenvalue weighted by Gasteiger charge is 2.61. The number of hydrogen-bond acceptors (Lipinski definition) is 2. The number of para-hydroxylation sites is 1. The molecule has 0 saturated heterocycles. The number of ketones is 1. The minimum atomic E-state index is -5.84. The van der Waals surface area contributed by atoms with Crippen LogP contribution in [0.5, 0.6) is 5.75 Å². The van der Waals surface area contributed by atoms with E-state index in [0.29, 0.717) is 0 Å². The van der Waals surface area contributed by atoms with Crippen LogP contribution in [0.3, 0.4) is 0 Å². The summed E-state index contributed by atoms with van der Waals surface area (Å²) in [7, 11) is 0. The largest absolute Gasteiger partial charge is 0.499 e. The first-order valence-electron chi connectivity index (χ1n) is 4.38. The number of benzene rings is 1. The van der Waals surface area contributed by atoms with E-state index in [4.69, 9.17) is 0 Å². The molecule has 94 valence electrons. The molecule has 2 nitrogen and oxygen atoms in total. The van der Waals surface area contributed by atoms with Crippen LogP contribution in [0.2, 0.25) is 0 Å². The van der Waals surface area contributed by atoms with Crippen LogP contribution in [-0.4, -0.2) is 18.1 Å². The van der Waals surface area contributed by atoms with E-state index >= 15 is 0 Å². The Balaban J connectivity index is 3.08. The normalized spacial score (nSPS) is 12.4. The van der Waals surface area contributed by atoms with Crippen molar-refractivity contribution in [3.63, 3.8) is 0 Å². The van der Waals surface area contributed by atoms with Gasteiger partial charge in [-0.2, -0.15) is 22.0 Å². The summed E-state index contributed by atoms with van der Waals surface area (Å²) < 4.78 is 64.5. The Morgan fingerprint density at radius 2 is 1.65 bits per heavy atom. The SMILES string of the molecule is CC(=O)c1ccccc1OC(F)(F)C(F)(F)F. The van der Waals surface area contributed by atoms with Gasteiger partial charge in [-0.15, -0.1) is 0 Å². The number of rotatable bonds is 3. The Morgan fingerprint density at radius 1 is 1.12 bits per heavy atom. The third kappa shape index (κ3) is 2.92. The molecule has 0 aliphatic rings. The molecule has 1 aromatic rings. The van der Waals surface area contributed by atoms with E-state index in [1.165, 1.54) is 12.1 Å². The first-order chi connectivity index (χ1) is 7.65. The molecule has 0 aliphatic heterocycles. The number of alkyl halides is 5. The molecule has 0 aliphatic carbocycles. The van der Waals surface area contributed by atoms with Gasteiger partial charge in [-0.05, 0) is 19.1 Å². The van der Waals surface area contributed by atoms with Gasteiger partial charge in [0.15, 0.2) is 5.78 Å². The van der Waals surface area contributed by atoms with Crippen molar-refractivity contribution in [3.05, 3.63) is 29.8 Å². The highest BCUT2D eigenvalue weighted by molar-refractivity contribution is 5.96. The zero-order valence-electron chi connectivity index (χ0n) is 8.52. The smallest absolute Gasteiger partial charge is 0.425 e. The molecule has 0 spiro atoms. The van der Waals surface area contributed by atoms with Gasteiger partial charge < -0.3 is 4.74 Å². The Labute approximate surface area is 93.0 Å². The summed E-state index contributed by atoms with van der Waals surface area (Å²) >= 11 is 0. The second kappa shape index (κ2) is 4.31. The van der Waals surface area contributed by atoms with Crippen LogP contribution < -0.4 is 4.74 Å². The van der Waals surface area contributed by atoms with Gasteiger partial charge >= 0.3 is 12.3 Å². The van der Waals surface area contributed by atoms with Gasteiger partial charge in [-0.3, -0.25) is 4.79 Å². The van der Waals surface area contributed by atoms with Crippen molar-refractivity contribution in [3.8, 4) is 5.75 Å². The third-order valence-corrected chi connectivity index (χ3v) is 1.83. The van der Waals surface area contributed by atoms with E-state index in [9.17, 15) is 26.7 Å². The molecule has 7 heteroatoms. The number of Topliss-reactive ketones (excluding diaryl/α,β-unsaturated/α-hetero) is 1. The van der Waals surface area contributed by atoms with E-state index in [1.807, 2.05) is 0 Å². The second-order valence-electron chi connectivity index (χ2n) is 3.17. The predicted molar refractivity (Wildman–Crippen MR) is 48.1 cm³/mol. The van der Waals surface area contributed by atoms with Gasteiger partial charge in [-0.25, -0.2) is 0 Å². The second-order valence-corrected chi connectivity index (χ2v) is 3.17. The minimum absolute atomic E-state index is 0.337. The highest BCUT2D eigenvalue weighted by atomic mass is 19.4. The minimum Gasteiger partial charge on any atom is -0.425 e. The fourth-order valence-electron chi connectivity index (χ4n) is 1.04. The maximum atomic E-state index is 12.6. The maximum Gasteiger partial charge on any atom is 0.499 e. The van der Waals surface area contributed by atoms with E-state index in [1.54, 1.807) is 0 Å². The molecule has 0 atom stereocenters. The molecule has 1 rings (SSSR count). The molecular formula is C10H7F5O2. The average molecular weight is 254 g/mol. The molecule has 0 saturated carbocycles. The van der Waals surface area contributed by atoms with Crippen molar-refractivity contribution in [1.29, 1.82) is 0 Å². The Kier molecular flexibility index (Phi) is 3.40. The van der Waals surface area contributed by atoms with Crippen LogP contribution in [0.4, 0.5) is 22.0 Å². The number of halogens is 5. The van der Waals surface area contributed by atoms with E-state index < -0.39 is 23.8 Å². The fraction of sp³-hybridized carbons (Fsp3) is 0.300. The molecule has 1 aromatic carbocycles. The summed E-state index contributed by atoms with van der Waals surface area (Å²) in [5, 5.41) is 0. The predicted octanol–water partition coefficient (Wildman–Crippen LogP) is 3.42. The number of ether oxygens (including phenoxy) is 1. The van der Waals surface area contributed by atoms with Crippen LogP contribution in [0.25, 0.3) is 0 Å². The molecule has 17 heavy (non-hydrogen) atoms. The Morgan fingerprint density at radius 3 is 2.12 bits per heavy atom. The van der Waals surface area contributed by atoms with E-state index in [2.05, 4.69) is 4.74 Å². The standard InChI is InChI=1S/C10H7F5O2/c1-6(16)7-4-2-3-5-8(7)17-10(14,15)9(11,12)13/h2-5H,1H3. The van der Waals surface area contributed by atoms with Crippen molar-refractivity contribution in [2.45, 2.75) is 19.2 Å². The first kappa shape index (κ1) is 13.4. The van der Waals surface area contributed by atoms with Crippen molar-refractivity contribution in [2.75, 3.05) is 0 Å². The van der Waals surface area contributed by atoms with Gasteiger partial charge in [-0.1, -0.05) is 12.1 Å². The van der Waals surface area contributed by atoms with Gasteiger partial charge in [0.25, 0.3) is 0 Å². The molecule has 0 unspecified atom stereocenters. The summed E-state index contributed by atoms with van der Waals surface area (Å²) in [6.45, 7) is 1.04. The summed E-state index contributed by atoms with van der Waals surface area (Å²) in [5.74, 6) is -1.47. The number of hydrogen-bond donors (Lipinski definition) is 0. The lowest BCUT2D eigenvalue weighted by atomic mass is 10.1. The summed E-state index contributed by atoms with van der Waals surface area (Å²) in [4.78, 5) is 11.0. The lowest BCUT2D eigenvalue weighted by Gasteiger charge is -2.21. The summed E-state index contributed by atoms with van der Waals surface area (Å²) in [6.07, 6.45) is -11.2.